The lowest BCUT2D eigenvalue weighted by Gasteiger charge is -2.28. The van der Waals surface area contributed by atoms with Crippen molar-refractivity contribution in [1.29, 1.82) is 0 Å². The molecule has 6 nitrogen and oxygen atoms in total. The number of rotatable bonds is 5. The van der Waals surface area contributed by atoms with E-state index in [-0.39, 0.29) is 6.61 Å². The predicted molar refractivity (Wildman–Crippen MR) is 76.0 cm³/mol. The number of nitrogens with one attached hydrogen (secondary N) is 1. The summed E-state index contributed by atoms with van der Waals surface area (Å²) in [6, 6.07) is 0. The molecule has 0 bridgehead atoms. The summed E-state index contributed by atoms with van der Waals surface area (Å²) in [6.07, 6.45) is 7.38. The van der Waals surface area contributed by atoms with Gasteiger partial charge in [0, 0.05) is 6.42 Å². The first kappa shape index (κ1) is 15.9. The highest BCUT2D eigenvalue weighted by atomic mass is 16.5. The minimum Gasteiger partial charge on any atom is -0.367 e. The average Bonchev–Trinajstić information content (AvgIpc) is 2.75. The highest BCUT2D eigenvalue weighted by Gasteiger charge is 2.55. The van der Waals surface area contributed by atoms with Gasteiger partial charge in [0.05, 0.1) is 6.10 Å². The van der Waals surface area contributed by atoms with Gasteiger partial charge >= 0.3 is 0 Å². The van der Waals surface area contributed by atoms with Crippen molar-refractivity contribution < 1.29 is 19.1 Å². The van der Waals surface area contributed by atoms with E-state index < -0.39 is 29.2 Å². The summed E-state index contributed by atoms with van der Waals surface area (Å²) in [6.45, 7) is 1.37. The first-order chi connectivity index (χ1) is 9.96. The smallest absolute Gasteiger partial charge is 0.253 e. The Morgan fingerprint density at radius 3 is 2.57 bits per heavy atom. The van der Waals surface area contributed by atoms with E-state index in [2.05, 4.69) is 5.32 Å². The lowest BCUT2D eigenvalue weighted by molar-refractivity contribution is -0.138. The minimum atomic E-state index is -1.72. The molecule has 2 amide bonds. The molecule has 1 aliphatic carbocycles. The number of nitrogens with two attached hydrogens (primary N) is 1. The highest BCUT2D eigenvalue weighted by Crippen LogP contribution is 2.27. The van der Waals surface area contributed by atoms with E-state index >= 15 is 0 Å². The van der Waals surface area contributed by atoms with Crippen LogP contribution in [-0.4, -0.2) is 35.8 Å². The van der Waals surface area contributed by atoms with Gasteiger partial charge in [0.1, 0.15) is 6.61 Å². The predicted octanol–water partition coefficient (Wildman–Crippen LogP) is 0.489. The van der Waals surface area contributed by atoms with E-state index in [1.807, 2.05) is 0 Å². The van der Waals surface area contributed by atoms with E-state index in [4.69, 9.17) is 10.5 Å². The third-order valence-electron chi connectivity index (χ3n) is 4.58. The second-order valence-corrected chi connectivity index (χ2v) is 5.98. The number of amides is 2. The summed E-state index contributed by atoms with van der Waals surface area (Å²) >= 11 is 0. The van der Waals surface area contributed by atoms with Gasteiger partial charge in [-0.05, 0) is 19.3 Å². The van der Waals surface area contributed by atoms with Gasteiger partial charge in [-0.15, -0.1) is 0 Å². The monoisotopic (exact) mass is 295 g/mol. The molecule has 21 heavy (non-hydrogen) atoms. The van der Waals surface area contributed by atoms with Gasteiger partial charge in [0.2, 0.25) is 11.4 Å². The van der Waals surface area contributed by atoms with Crippen LogP contribution in [-0.2, 0) is 19.1 Å². The Hall–Kier alpha value is -1.43. The van der Waals surface area contributed by atoms with E-state index in [1.165, 1.54) is 25.7 Å². The van der Waals surface area contributed by atoms with Crippen molar-refractivity contribution >= 4 is 17.6 Å². The van der Waals surface area contributed by atoms with Crippen molar-refractivity contribution in [2.24, 2.45) is 11.7 Å². The molecule has 3 N–H and O–H groups in total. The number of hydrogen-bond donors (Lipinski definition) is 2. The quantitative estimate of drug-likeness (QED) is 0.721. The molecule has 1 saturated heterocycles. The van der Waals surface area contributed by atoms with Crippen molar-refractivity contribution in [3.63, 3.8) is 0 Å². The van der Waals surface area contributed by atoms with Crippen molar-refractivity contribution in [3.05, 3.63) is 6.42 Å². The van der Waals surface area contributed by atoms with E-state index in [0.717, 1.165) is 12.8 Å². The number of carbonyl (C=O) groups is 3. The highest BCUT2D eigenvalue weighted by molar-refractivity contribution is 6.15. The zero-order valence-corrected chi connectivity index (χ0v) is 12.4. The molecule has 2 atom stereocenters. The van der Waals surface area contributed by atoms with Crippen LogP contribution in [0.25, 0.3) is 0 Å². The van der Waals surface area contributed by atoms with Gasteiger partial charge in [-0.3, -0.25) is 14.4 Å². The Morgan fingerprint density at radius 2 is 2.05 bits per heavy atom. The summed E-state index contributed by atoms with van der Waals surface area (Å²) in [4.78, 5) is 35.7. The summed E-state index contributed by atoms with van der Waals surface area (Å²) in [5.74, 6) is -1.26. The second-order valence-electron chi connectivity index (χ2n) is 5.98. The molecule has 2 unspecified atom stereocenters. The maximum absolute atomic E-state index is 12.1. The lowest BCUT2D eigenvalue weighted by Crippen LogP contribution is -2.65. The molecule has 2 aliphatic rings. The number of ether oxygens (including phenoxy) is 1. The van der Waals surface area contributed by atoms with Crippen LogP contribution in [0.1, 0.15) is 45.4 Å². The molecule has 6 heteroatoms. The van der Waals surface area contributed by atoms with Crippen molar-refractivity contribution in [2.75, 3.05) is 6.61 Å². The molecule has 2 fully saturated rings. The third kappa shape index (κ3) is 3.26. The minimum absolute atomic E-state index is 0.201. The van der Waals surface area contributed by atoms with Crippen LogP contribution in [0.3, 0.4) is 0 Å². The zero-order valence-electron chi connectivity index (χ0n) is 12.4. The number of primary amides is 1. The van der Waals surface area contributed by atoms with Crippen LogP contribution in [0.4, 0.5) is 0 Å². The fraction of sp³-hybridized carbons (Fsp3) is 0.733. The van der Waals surface area contributed by atoms with Crippen LogP contribution < -0.4 is 11.1 Å². The van der Waals surface area contributed by atoms with Crippen molar-refractivity contribution in [2.45, 2.75) is 57.1 Å². The Morgan fingerprint density at radius 1 is 1.38 bits per heavy atom. The standard InChI is InChI=1S/C15H23N2O4/c1-10-15(14(16)20,12(18)9-21-10)17-13(19)8-7-11-5-3-2-4-6-11/h8,10-11H,2-7,9H2,1H3,(H2,16,20)(H,17,19). The van der Waals surface area contributed by atoms with E-state index in [0.29, 0.717) is 12.3 Å². The molecule has 1 saturated carbocycles. The Balaban J connectivity index is 1.93. The third-order valence-corrected chi connectivity index (χ3v) is 4.58. The molecule has 117 valence electrons. The largest absolute Gasteiger partial charge is 0.367 e. The molecular weight excluding hydrogens is 272 g/mol. The fourth-order valence-electron chi connectivity index (χ4n) is 3.18. The number of ketones is 1. The summed E-state index contributed by atoms with van der Waals surface area (Å²) in [5, 5.41) is 2.49. The summed E-state index contributed by atoms with van der Waals surface area (Å²) in [7, 11) is 0. The number of hydrogen-bond acceptors (Lipinski definition) is 4. The van der Waals surface area contributed by atoms with Gasteiger partial charge < -0.3 is 15.8 Å². The van der Waals surface area contributed by atoms with Crippen LogP contribution in [0.15, 0.2) is 0 Å². The molecule has 1 heterocycles. The molecule has 1 aliphatic heterocycles. The van der Waals surface area contributed by atoms with Crippen LogP contribution in [0.2, 0.25) is 0 Å². The van der Waals surface area contributed by atoms with Crippen molar-refractivity contribution in [3.8, 4) is 0 Å². The Labute approximate surface area is 124 Å². The van der Waals surface area contributed by atoms with Gasteiger partial charge in [-0.2, -0.15) is 0 Å². The zero-order chi connectivity index (χ0) is 15.5. The number of carbonyl (C=O) groups excluding carboxylic acids is 3. The van der Waals surface area contributed by atoms with E-state index in [1.54, 1.807) is 6.92 Å². The molecular formula is C15H23N2O4. The Kier molecular flexibility index (Phi) is 4.98. The maximum Gasteiger partial charge on any atom is 0.253 e. The molecule has 0 aromatic heterocycles. The molecule has 0 spiro atoms. The van der Waals surface area contributed by atoms with Crippen LogP contribution >= 0.6 is 0 Å². The fourth-order valence-corrected chi connectivity index (χ4v) is 3.18. The SMILES string of the molecule is CC1OCC(=O)C1(NC(=O)[CH]CC1CCCCC1)C(N)=O. The van der Waals surface area contributed by atoms with Gasteiger partial charge in [0.25, 0.3) is 5.91 Å². The van der Waals surface area contributed by atoms with Crippen molar-refractivity contribution in [1.82, 2.24) is 5.32 Å². The van der Waals surface area contributed by atoms with Gasteiger partial charge in [-0.25, -0.2) is 0 Å². The number of Topliss-reactive ketones (excluding diaryl/α,β-unsaturated/α-hetero) is 1. The van der Waals surface area contributed by atoms with Crippen LogP contribution in [0, 0.1) is 12.3 Å². The molecule has 0 aromatic carbocycles. The topological polar surface area (TPSA) is 98.5 Å². The van der Waals surface area contributed by atoms with E-state index in [9.17, 15) is 14.4 Å². The lowest BCUT2D eigenvalue weighted by atomic mass is 9.85. The Bertz CT molecular complexity index is 431. The molecule has 1 radical (unpaired) electrons. The summed E-state index contributed by atoms with van der Waals surface area (Å²) in [5.41, 5.74) is 3.61. The normalized spacial score (nSPS) is 30.3. The average molecular weight is 295 g/mol. The molecule has 2 rings (SSSR count). The molecule has 0 aromatic rings. The first-order valence-electron chi connectivity index (χ1n) is 7.57. The summed E-state index contributed by atoms with van der Waals surface area (Å²) < 4.78 is 5.16. The maximum atomic E-state index is 12.1. The first-order valence-corrected chi connectivity index (χ1v) is 7.57. The van der Waals surface area contributed by atoms with Gasteiger partial charge in [0.15, 0.2) is 5.78 Å². The van der Waals surface area contributed by atoms with Crippen LogP contribution in [0.5, 0.6) is 0 Å². The second kappa shape index (κ2) is 6.56. The van der Waals surface area contributed by atoms with Gasteiger partial charge in [-0.1, -0.05) is 32.1 Å².